The molecule has 0 amide bonds. The van der Waals surface area contributed by atoms with Crippen LogP contribution >= 0.6 is 0 Å². The second-order valence-electron chi connectivity index (χ2n) is 7.37. The van der Waals surface area contributed by atoms with Crippen LogP contribution in [0.5, 0.6) is 0 Å². The monoisotopic (exact) mass is 428 g/mol. The maximum Gasteiger partial charge on any atom is 1.00 e. The van der Waals surface area contributed by atoms with Crippen LogP contribution in [0.1, 0.15) is 78.6 Å². The molecule has 0 heterocycles. The SMILES string of the molecule is C.CCOC(=O)/C=C/C=C/C1CCCCC1.O=C(O)/C=C/C=C/C1CCCCC1.[Li+].[OH-]. The smallest absolute Gasteiger partial charge is 0.870 e. The Bertz CT molecular complexity index is 554. The number of carbonyl (C=O) groups is 2. The standard InChI is InChI=1S/C13H20O2.C11H16O2.CH4.Li.H2O/c1-2-15-13(14)11-7-6-10-12-8-4-3-5-9-12;12-11(13)9-5-4-8-10-6-2-1-3-7-10;;;/h6-7,10-12H,2-5,8-9H2,1H3;4-5,8-10H,1-3,6-7H2,(H,12,13);1H4;;1H2/q;;;+1;/p-1/b10-6+,11-7+;8-4+,9-5+;;;. The second kappa shape index (κ2) is 23.1. The van der Waals surface area contributed by atoms with Crippen LogP contribution < -0.4 is 18.9 Å². The fourth-order valence-corrected chi connectivity index (χ4v) is 3.56. The number of carboxylic acids is 1. The minimum Gasteiger partial charge on any atom is -0.870 e. The van der Waals surface area contributed by atoms with Gasteiger partial charge >= 0.3 is 30.8 Å². The third-order valence-electron chi connectivity index (χ3n) is 5.05. The van der Waals surface area contributed by atoms with Crippen molar-refractivity contribution in [1.82, 2.24) is 0 Å². The number of rotatable bonds is 7. The molecule has 2 saturated carbocycles. The van der Waals surface area contributed by atoms with Crippen molar-refractivity contribution in [3.05, 3.63) is 48.6 Å². The average molecular weight is 429 g/mol. The molecule has 0 aromatic heterocycles. The van der Waals surface area contributed by atoms with Crippen LogP contribution in [0.4, 0.5) is 0 Å². The summed E-state index contributed by atoms with van der Waals surface area (Å²) in [5.41, 5.74) is 0. The normalized spacial score (nSPS) is 17.5. The maximum atomic E-state index is 11.0. The van der Waals surface area contributed by atoms with E-state index in [9.17, 15) is 9.59 Å². The van der Waals surface area contributed by atoms with Crippen molar-refractivity contribution in [2.75, 3.05) is 6.61 Å². The summed E-state index contributed by atoms with van der Waals surface area (Å²) in [5, 5.41) is 8.33. The van der Waals surface area contributed by atoms with Gasteiger partial charge in [0.15, 0.2) is 0 Å². The molecular formula is C25H41LiO5. The third kappa shape index (κ3) is 20.1. The number of carboxylic acid groups (broad SMARTS) is 1. The van der Waals surface area contributed by atoms with Gasteiger partial charge < -0.3 is 15.3 Å². The second-order valence-corrected chi connectivity index (χ2v) is 7.37. The van der Waals surface area contributed by atoms with Crippen LogP contribution in [0.2, 0.25) is 0 Å². The molecule has 172 valence electrons. The average Bonchev–Trinajstić information content (AvgIpc) is 2.71. The van der Waals surface area contributed by atoms with Gasteiger partial charge in [0.1, 0.15) is 0 Å². The first-order valence-electron chi connectivity index (χ1n) is 10.7. The van der Waals surface area contributed by atoms with Gasteiger partial charge in [-0.3, -0.25) is 0 Å². The molecular weight excluding hydrogens is 387 g/mol. The van der Waals surface area contributed by atoms with Crippen LogP contribution in [0.3, 0.4) is 0 Å². The Hall–Kier alpha value is -1.54. The molecule has 0 spiro atoms. The quantitative estimate of drug-likeness (QED) is 0.290. The van der Waals surface area contributed by atoms with E-state index in [1.807, 2.05) is 19.1 Å². The van der Waals surface area contributed by atoms with Crippen molar-refractivity contribution in [2.24, 2.45) is 11.8 Å². The zero-order valence-corrected chi connectivity index (χ0v) is 18.7. The van der Waals surface area contributed by atoms with Crippen LogP contribution in [0.25, 0.3) is 0 Å². The molecule has 31 heavy (non-hydrogen) atoms. The molecule has 0 aliphatic heterocycles. The zero-order valence-electron chi connectivity index (χ0n) is 18.7. The van der Waals surface area contributed by atoms with Gasteiger partial charge in [0.05, 0.1) is 6.61 Å². The molecule has 0 bridgehead atoms. The molecule has 2 fully saturated rings. The van der Waals surface area contributed by atoms with E-state index in [-0.39, 0.29) is 37.7 Å². The Morgan fingerprint density at radius 1 is 0.806 bits per heavy atom. The van der Waals surface area contributed by atoms with Crippen molar-refractivity contribution >= 4 is 11.9 Å². The van der Waals surface area contributed by atoms with Gasteiger partial charge in [-0.1, -0.05) is 82.4 Å². The van der Waals surface area contributed by atoms with Gasteiger partial charge in [-0.05, 0) is 44.4 Å². The van der Waals surface area contributed by atoms with Crippen molar-refractivity contribution in [2.45, 2.75) is 78.6 Å². The van der Waals surface area contributed by atoms with E-state index in [0.717, 1.165) is 0 Å². The van der Waals surface area contributed by atoms with Crippen LogP contribution in [-0.4, -0.2) is 29.1 Å². The molecule has 0 aromatic carbocycles. The molecule has 2 aliphatic rings. The van der Waals surface area contributed by atoms with E-state index in [1.165, 1.54) is 76.4 Å². The molecule has 2 N–H and O–H groups in total. The summed E-state index contributed by atoms with van der Waals surface area (Å²) >= 11 is 0. The fraction of sp³-hybridized carbons (Fsp3) is 0.600. The van der Waals surface area contributed by atoms with E-state index in [4.69, 9.17) is 9.84 Å². The summed E-state index contributed by atoms with van der Waals surface area (Å²) in [6.07, 6.45) is 27.3. The van der Waals surface area contributed by atoms with Crippen molar-refractivity contribution < 1.29 is 43.8 Å². The van der Waals surface area contributed by atoms with Crippen LogP contribution in [0.15, 0.2) is 48.6 Å². The molecule has 0 aromatic rings. The summed E-state index contributed by atoms with van der Waals surface area (Å²) in [7, 11) is 0. The Morgan fingerprint density at radius 2 is 1.23 bits per heavy atom. The molecule has 2 rings (SSSR count). The van der Waals surface area contributed by atoms with E-state index >= 15 is 0 Å². The Balaban J connectivity index is -0.000000465. The molecule has 0 radical (unpaired) electrons. The number of ether oxygens (including phenoxy) is 1. The number of hydrogen-bond acceptors (Lipinski definition) is 4. The largest absolute Gasteiger partial charge is 1.00 e. The molecule has 0 saturated heterocycles. The molecule has 6 heteroatoms. The number of aliphatic carboxylic acids is 1. The first-order chi connectivity index (χ1) is 13.6. The predicted octanol–water partition coefficient (Wildman–Crippen LogP) is 3.47. The maximum absolute atomic E-state index is 11.0. The summed E-state index contributed by atoms with van der Waals surface area (Å²) in [4.78, 5) is 21.1. The van der Waals surface area contributed by atoms with E-state index in [0.29, 0.717) is 18.4 Å². The summed E-state index contributed by atoms with van der Waals surface area (Å²) in [5.74, 6) is 0.247. The predicted molar refractivity (Wildman–Crippen MR) is 123 cm³/mol. The van der Waals surface area contributed by atoms with Crippen LogP contribution in [-0.2, 0) is 14.3 Å². The van der Waals surface area contributed by atoms with E-state index < -0.39 is 5.97 Å². The third-order valence-corrected chi connectivity index (χ3v) is 5.05. The first-order valence-corrected chi connectivity index (χ1v) is 10.7. The summed E-state index contributed by atoms with van der Waals surface area (Å²) < 4.78 is 4.77. The van der Waals surface area contributed by atoms with Crippen LogP contribution in [0, 0.1) is 11.8 Å². The topological polar surface area (TPSA) is 93.6 Å². The first kappa shape index (κ1) is 34.1. The number of allylic oxidation sites excluding steroid dienone is 6. The number of carbonyl (C=O) groups excluding carboxylic acids is 1. The molecule has 0 unspecified atom stereocenters. The van der Waals surface area contributed by atoms with Crippen molar-refractivity contribution in [3.63, 3.8) is 0 Å². The Morgan fingerprint density at radius 3 is 1.61 bits per heavy atom. The molecule has 5 nitrogen and oxygen atoms in total. The summed E-state index contributed by atoms with van der Waals surface area (Å²) in [6.45, 7) is 2.25. The molecule has 2 aliphatic carbocycles. The number of hydrogen-bond donors (Lipinski definition) is 1. The van der Waals surface area contributed by atoms with Gasteiger partial charge in [-0.15, -0.1) is 0 Å². The molecule has 0 atom stereocenters. The van der Waals surface area contributed by atoms with Crippen molar-refractivity contribution in [1.29, 1.82) is 0 Å². The fourth-order valence-electron chi connectivity index (χ4n) is 3.56. The number of esters is 1. The Kier molecular flexibility index (Phi) is 25.4. The minimum absolute atomic E-state index is 0. The van der Waals surface area contributed by atoms with Gasteiger partial charge in [0, 0.05) is 12.2 Å². The van der Waals surface area contributed by atoms with E-state index in [2.05, 4.69) is 12.2 Å². The zero-order chi connectivity index (χ0) is 20.5. The van der Waals surface area contributed by atoms with Gasteiger partial charge in [-0.2, -0.15) is 0 Å². The Labute approximate surface area is 201 Å². The summed E-state index contributed by atoms with van der Waals surface area (Å²) in [6, 6.07) is 0. The minimum atomic E-state index is -0.881. The van der Waals surface area contributed by atoms with E-state index in [1.54, 1.807) is 12.2 Å². The van der Waals surface area contributed by atoms with Crippen molar-refractivity contribution in [3.8, 4) is 0 Å². The van der Waals surface area contributed by atoms with Gasteiger partial charge in [0.25, 0.3) is 0 Å². The van der Waals surface area contributed by atoms with Gasteiger partial charge in [-0.25, -0.2) is 9.59 Å². The van der Waals surface area contributed by atoms with Gasteiger partial charge in [0.2, 0.25) is 0 Å².